The minimum atomic E-state index is -4.54. The van der Waals surface area contributed by atoms with Gasteiger partial charge >= 0.3 is 6.18 Å². The van der Waals surface area contributed by atoms with E-state index < -0.39 is 17.5 Å². The smallest absolute Gasteiger partial charge is 0.419 e. The molecule has 0 amide bonds. The van der Waals surface area contributed by atoms with Crippen LogP contribution in [0.3, 0.4) is 0 Å². The first-order valence-corrected chi connectivity index (χ1v) is 4.13. The molecular weight excluding hydrogens is 207 g/mol. The summed E-state index contributed by atoms with van der Waals surface area (Å²) in [4.78, 5) is 3.75. The van der Waals surface area contributed by atoms with Crippen molar-refractivity contribution < 1.29 is 18.3 Å². The third-order valence-corrected chi connectivity index (χ3v) is 2.10. The van der Waals surface area contributed by atoms with Gasteiger partial charge in [0.15, 0.2) is 0 Å². The van der Waals surface area contributed by atoms with Crippen molar-refractivity contribution in [2.24, 2.45) is 0 Å². The number of aromatic hydroxyl groups is 1. The van der Waals surface area contributed by atoms with E-state index in [2.05, 4.69) is 4.98 Å². The third-order valence-electron chi connectivity index (χ3n) is 2.10. The summed E-state index contributed by atoms with van der Waals surface area (Å²) in [6, 6.07) is 3.48. The van der Waals surface area contributed by atoms with Gasteiger partial charge in [0.05, 0.1) is 5.56 Å². The van der Waals surface area contributed by atoms with Crippen LogP contribution in [0.2, 0.25) is 0 Å². The van der Waals surface area contributed by atoms with E-state index in [1.165, 1.54) is 24.5 Å². The number of phenolic OH excluding ortho intramolecular Hbond substituents is 1. The minimum Gasteiger partial charge on any atom is -0.507 e. The molecule has 0 aliphatic heterocycles. The molecule has 0 radical (unpaired) electrons. The molecule has 0 aliphatic rings. The number of alkyl halides is 3. The van der Waals surface area contributed by atoms with Gasteiger partial charge in [0.2, 0.25) is 0 Å². The van der Waals surface area contributed by atoms with Gasteiger partial charge in [0.1, 0.15) is 5.75 Å². The highest BCUT2D eigenvalue weighted by molar-refractivity contribution is 5.88. The predicted molar refractivity (Wildman–Crippen MR) is 48.4 cm³/mol. The Morgan fingerprint density at radius 3 is 2.53 bits per heavy atom. The van der Waals surface area contributed by atoms with E-state index in [4.69, 9.17) is 0 Å². The number of aromatic nitrogens is 1. The number of fused-ring (bicyclic) bond motifs is 1. The number of hydrogen-bond donors (Lipinski definition) is 1. The van der Waals surface area contributed by atoms with Crippen LogP contribution in [0.1, 0.15) is 5.56 Å². The summed E-state index contributed by atoms with van der Waals surface area (Å²) in [5.74, 6) is -0.748. The molecule has 78 valence electrons. The number of nitrogens with zero attached hydrogens (tertiary/aromatic N) is 1. The molecular formula is C10H6F3NO. The minimum absolute atomic E-state index is 0.153. The summed E-state index contributed by atoms with van der Waals surface area (Å²) in [6.45, 7) is 0. The van der Waals surface area contributed by atoms with Gasteiger partial charge in [-0.25, -0.2) is 0 Å². The molecule has 0 bridgehead atoms. The van der Waals surface area contributed by atoms with Crippen molar-refractivity contribution >= 4 is 10.8 Å². The summed E-state index contributed by atoms with van der Waals surface area (Å²) in [6.07, 6.45) is -1.81. The highest BCUT2D eigenvalue weighted by Gasteiger charge is 2.34. The van der Waals surface area contributed by atoms with Crippen molar-refractivity contribution in [2.75, 3.05) is 0 Å². The Morgan fingerprint density at radius 1 is 1.13 bits per heavy atom. The fourth-order valence-electron chi connectivity index (χ4n) is 1.38. The van der Waals surface area contributed by atoms with Gasteiger partial charge in [-0.05, 0) is 12.1 Å². The first-order valence-electron chi connectivity index (χ1n) is 4.13. The maximum atomic E-state index is 12.4. The van der Waals surface area contributed by atoms with Crippen molar-refractivity contribution in [2.45, 2.75) is 6.18 Å². The molecule has 15 heavy (non-hydrogen) atoms. The SMILES string of the molecule is Oc1c(C(F)(F)F)ccc2cnccc12. The lowest BCUT2D eigenvalue weighted by molar-refractivity contribution is -0.138. The van der Waals surface area contributed by atoms with Crippen LogP contribution in [0, 0.1) is 0 Å². The lowest BCUT2D eigenvalue weighted by Crippen LogP contribution is -2.05. The Hall–Kier alpha value is -1.78. The van der Waals surface area contributed by atoms with Crippen LogP contribution in [0.15, 0.2) is 30.6 Å². The van der Waals surface area contributed by atoms with Gasteiger partial charge in [-0.3, -0.25) is 4.98 Å². The number of rotatable bonds is 0. The molecule has 2 rings (SSSR count). The maximum absolute atomic E-state index is 12.4. The Bertz CT molecular complexity index is 507. The summed E-state index contributed by atoms with van der Waals surface area (Å²) in [7, 11) is 0. The molecule has 0 aliphatic carbocycles. The third kappa shape index (κ3) is 1.60. The van der Waals surface area contributed by atoms with E-state index >= 15 is 0 Å². The molecule has 1 aromatic heterocycles. The van der Waals surface area contributed by atoms with Crippen molar-refractivity contribution in [1.29, 1.82) is 0 Å². The summed E-state index contributed by atoms with van der Waals surface area (Å²) in [5.41, 5.74) is -1.03. The van der Waals surface area contributed by atoms with Crippen LogP contribution in [-0.2, 0) is 6.18 Å². The molecule has 2 aromatic rings. The number of phenols is 1. The Labute approximate surface area is 83.0 Å². The van der Waals surface area contributed by atoms with Crippen molar-refractivity contribution in [1.82, 2.24) is 4.98 Å². The molecule has 2 nitrogen and oxygen atoms in total. The zero-order chi connectivity index (χ0) is 11.1. The average Bonchev–Trinajstić information content (AvgIpc) is 2.16. The largest absolute Gasteiger partial charge is 0.507 e. The van der Waals surface area contributed by atoms with E-state index in [0.717, 1.165) is 6.07 Å². The van der Waals surface area contributed by atoms with E-state index in [-0.39, 0.29) is 5.39 Å². The number of halogens is 3. The molecule has 1 heterocycles. The molecule has 0 saturated carbocycles. The van der Waals surface area contributed by atoms with Crippen LogP contribution >= 0.6 is 0 Å². The molecule has 0 unspecified atom stereocenters. The van der Waals surface area contributed by atoms with Crippen LogP contribution in [0.25, 0.3) is 10.8 Å². The fourth-order valence-corrected chi connectivity index (χ4v) is 1.38. The summed E-state index contributed by atoms with van der Waals surface area (Å²) < 4.78 is 37.2. The lowest BCUT2D eigenvalue weighted by Gasteiger charge is -2.10. The second kappa shape index (κ2) is 3.12. The molecule has 0 spiro atoms. The summed E-state index contributed by atoms with van der Waals surface area (Å²) >= 11 is 0. The number of hydrogen-bond acceptors (Lipinski definition) is 2. The topological polar surface area (TPSA) is 33.1 Å². The van der Waals surface area contributed by atoms with Crippen molar-refractivity contribution in [3.8, 4) is 5.75 Å². The number of pyridine rings is 1. The van der Waals surface area contributed by atoms with Crippen molar-refractivity contribution in [3.05, 3.63) is 36.2 Å². The molecule has 0 atom stereocenters. The Balaban J connectivity index is 2.76. The standard InChI is InChI=1S/C10H6F3NO/c11-10(12,13)8-2-1-6-5-14-4-3-7(6)9(8)15/h1-5,15H. The second-order valence-corrected chi connectivity index (χ2v) is 3.06. The molecule has 1 aromatic carbocycles. The molecule has 0 saturated heterocycles. The Kier molecular flexibility index (Phi) is 2.03. The van der Waals surface area contributed by atoms with Crippen LogP contribution < -0.4 is 0 Å². The first-order chi connectivity index (χ1) is 7.00. The first kappa shape index (κ1) is 9.76. The Morgan fingerprint density at radius 2 is 1.87 bits per heavy atom. The average molecular weight is 213 g/mol. The van der Waals surface area contributed by atoms with Gasteiger partial charge in [-0.1, -0.05) is 6.07 Å². The monoisotopic (exact) mass is 213 g/mol. The molecule has 0 fully saturated rings. The molecule has 1 N–H and O–H groups in total. The predicted octanol–water partition coefficient (Wildman–Crippen LogP) is 2.96. The van der Waals surface area contributed by atoms with Crippen molar-refractivity contribution in [3.63, 3.8) is 0 Å². The lowest BCUT2D eigenvalue weighted by atomic mass is 10.1. The van der Waals surface area contributed by atoms with Crippen LogP contribution in [0.4, 0.5) is 13.2 Å². The zero-order valence-electron chi connectivity index (χ0n) is 7.42. The highest BCUT2D eigenvalue weighted by atomic mass is 19.4. The fraction of sp³-hybridized carbons (Fsp3) is 0.100. The quantitative estimate of drug-likeness (QED) is 0.729. The van der Waals surface area contributed by atoms with E-state index in [0.29, 0.717) is 5.39 Å². The normalized spacial score (nSPS) is 11.9. The van der Waals surface area contributed by atoms with Gasteiger partial charge in [0, 0.05) is 23.2 Å². The zero-order valence-corrected chi connectivity index (χ0v) is 7.42. The second-order valence-electron chi connectivity index (χ2n) is 3.06. The van der Waals surface area contributed by atoms with E-state index in [9.17, 15) is 18.3 Å². The number of benzene rings is 1. The van der Waals surface area contributed by atoms with Gasteiger partial charge < -0.3 is 5.11 Å². The van der Waals surface area contributed by atoms with Gasteiger partial charge in [-0.15, -0.1) is 0 Å². The maximum Gasteiger partial charge on any atom is 0.419 e. The van der Waals surface area contributed by atoms with Crippen LogP contribution in [-0.4, -0.2) is 10.1 Å². The molecule has 5 heteroatoms. The van der Waals surface area contributed by atoms with E-state index in [1.807, 2.05) is 0 Å². The van der Waals surface area contributed by atoms with E-state index in [1.54, 1.807) is 0 Å². The summed E-state index contributed by atoms with van der Waals surface area (Å²) in [5, 5.41) is 10.1. The van der Waals surface area contributed by atoms with Gasteiger partial charge in [0.25, 0.3) is 0 Å². The highest BCUT2D eigenvalue weighted by Crippen LogP contribution is 2.39. The van der Waals surface area contributed by atoms with Crippen LogP contribution in [0.5, 0.6) is 5.75 Å². The van der Waals surface area contributed by atoms with Gasteiger partial charge in [-0.2, -0.15) is 13.2 Å².